The summed E-state index contributed by atoms with van der Waals surface area (Å²) in [5.41, 5.74) is -0.599. The van der Waals surface area contributed by atoms with E-state index in [1.165, 1.54) is 0 Å². The van der Waals surface area contributed by atoms with Crippen molar-refractivity contribution < 1.29 is 13.5 Å². The summed E-state index contributed by atoms with van der Waals surface area (Å²) in [5.74, 6) is -0.0803. The van der Waals surface area contributed by atoms with Crippen LogP contribution in [0.4, 0.5) is 0 Å². The molecule has 0 amide bonds. The molecule has 1 rings (SSSR count). The van der Waals surface area contributed by atoms with Crippen LogP contribution in [0.15, 0.2) is 0 Å². The Labute approximate surface area is 78.4 Å². The van der Waals surface area contributed by atoms with Gasteiger partial charge in [-0.2, -0.15) is 0 Å². The van der Waals surface area contributed by atoms with Crippen LogP contribution in [0.1, 0.15) is 19.3 Å². The Hall–Kier alpha value is -0.170. The van der Waals surface area contributed by atoms with Crippen LogP contribution in [0, 0.1) is 0 Å². The Morgan fingerprint density at radius 1 is 1.46 bits per heavy atom. The van der Waals surface area contributed by atoms with E-state index in [1.54, 1.807) is 0 Å². The zero-order valence-electron chi connectivity index (χ0n) is 7.49. The molecule has 6 heteroatoms. The first-order valence-corrected chi connectivity index (χ1v) is 6.06. The van der Waals surface area contributed by atoms with Gasteiger partial charge >= 0.3 is 0 Å². The minimum Gasteiger partial charge on any atom is -0.389 e. The van der Waals surface area contributed by atoms with Gasteiger partial charge in [0, 0.05) is 13.1 Å². The number of hydrogen-bond donors (Lipinski definition) is 3. The van der Waals surface area contributed by atoms with Crippen LogP contribution < -0.4 is 10.5 Å². The molecule has 0 aromatic carbocycles. The van der Waals surface area contributed by atoms with Crippen molar-refractivity contribution in [3.8, 4) is 0 Å². The van der Waals surface area contributed by atoms with E-state index in [1.807, 2.05) is 0 Å². The fourth-order valence-electron chi connectivity index (χ4n) is 1.30. The number of nitrogens with one attached hydrogen (secondary N) is 1. The van der Waals surface area contributed by atoms with E-state index in [-0.39, 0.29) is 5.75 Å². The van der Waals surface area contributed by atoms with Crippen LogP contribution in [0.5, 0.6) is 0 Å². The lowest BCUT2D eigenvalue weighted by molar-refractivity contribution is -0.0307. The first-order valence-electron chi connectivity index (χ1n) is 4.35. The third kappa shape index (κ3) is 4.04. The standard InChI is InChI=1S/C7H16N2O3S/c8-13(11,12)5-4-9-6-7(10)2-1-3-7/h9-10H,1-6H2,(H2,8,11,12). The van der Waals surface area contributed by atoms with Crippen molar-refractivity contribution in [2.75, 3.05) is 18.8 Å². The van der Waals surface area contributed by atoms with Gasteiger partial charge in [-0.05, 0) is 19.3 Å². The molecular weight excluding hydrogens is 192 g/mol. The van der Waals surface area contributed by atoms with Gasteiger partial charge < -0.3 is 10.4 Å². The van der Waals surface area contributed by atoms with E-state index in [4.69, 9.17) is 5.14 Å². The summed E-state index contributed by atoms with van der Waals surface area (Å²) in [6, 6.07) is 0. The van der Waals surface area contributed by atoms with E-state index in [0.717, 1.165) is 19.3 Å². The molecular formula is C7H16N2O3S. The van der Waals surface area contributed by atoms with Crippen molar-refractivity contribution in [3.05, 3.63) is 0 Å². The lowest BCUT2D eigenvalue weighted by atomic mass is 9.80. The summed E-state index contributed by atoms with van der Waals surface area (Å²) in [6.07, 6.45) is 2.65. The van der Waals surface area contributed by atoms with E-state index in [0.29, 0.717) is 13.1 Å². The number of primary sulfonamides is 1. The van der Waals surface area contributed by atoms with Gasteiger partial charge in [-0.1, -0.05) is 0 Å². The summed E-state index contributed by atoms with van der Waals surface area (Å²) in [5, 5.41) is 17.3. The smallest absolute Gasteiger partial charge is 0.210 e. The van der Waals surface area contributed by atoms with Gasteiger partial charge in [0.1, 0.15) is 0 Å². The highest BCUT2D eigenvalue weighted by atomic mass is 32.2. The van der Waals surface area contributed by atoms with Crippen molar-refractivity contribution in [2.24, 2.45) is 5.14 Å². The highest BCUT2D eigenvalue weighted by molar-refractivity contribution is 7.89. The van der Waals surface area contributed by atoms with E-state index < -0.39 is 15.6 Å². The molecule has 0 aromatic heterocycles. The molecule has 0 aromatic rings. The molecule has 78 valence electrons. The maximum absolute atomic E-state index is 10.5. The van der Waals surface area contributed by atoms with Crippen molar-refractivity contribution in [2.45, 2.75) is 24.9 Å². The first kappa shape index (κ1) is 10.9. The molecule has 1 aliphatic carbocycles. The minimum absolute atomic E-state index is 0.0803. The largest absolute Gasteiger partial charge is 0.389 e. The number of hydrogen-bond acceptors (Lipinski definition) is 4. The lowest BCUT2D eigenvalue weighted by Crippen LogP contribution is -2.47. The molecule has 1 aliphatic rings. The summed E-state index contributed by atoms with van der Waals surface area (Å²) in [7, 11) is -3.37. The molecule has 0 atom stereocenters. The molecule has 13 heavy (non-hydrogen) atoms. The number of rotatable bonds is 5. The molecule has 1 fully saturated rings. The van der Waals surface area contributed by atoms with Crippen molar-refractivity contribution >= 4 is 10.0 Å². The van der Waals surface area contributed by atoms with Crippen LogP contribution in [0.3, 0.4) is 0 Å². The Morgan fingerprint density at radius 2 is 2.08 bits per heavy atom. The number of sulfonamides is 1. The fraction of sp³-hybridized carbons (Fsp3) is 1.00. The number of aliphatic hydroxyl groups is 1. The monoisotopic (exact) mass is 208 g/mol. The van der Waals surface area contributed by atoms with Crippen LogP contribution in [0.2, 0.25) is 0 Å². The normalized spacial score (nSPS) is 21.1. The van der Waals surface area contributed by atoms with Crippen molar-refractivity contribution in [1.29, 1.82) is 0 Å². The second kappa shape index (κ2) is 3.91. The topological polar surface area (TPSA) is 92.4 Å². The van der Waals surface area contributed by atoms with Gasteiger partial charge in [0.2, 0.25) is 10.0 Å². The van der Waals surface area contributed by atoms with Gasteiger partial charge in [0.05, 0.1) is 11.4 Å². The molecule has 0 saturated heterocycles. The molecule has 4 N–H and O–H groups in total. The Morgan fingerprint density at radius 3 is 2.46 bits per heavy atom. The Balaban J connectivity index is 2.08. The maximum Gasteiger partial charge on any atom is 0.210 e. The second-order valence-electron chi connectivity index (χ2n) is 3.62. The predicted octanol–water partition coefficient (Wildman–Crippen LogP) is -1.22. The summed E-state index contributed by atoms with van der Waals surface area (Å²) in [6.45, 7) is 0.768. The van der Waals surface area contributed by atoms with Gasteiger partial charge in [-0.25, -0.2) is 13.6 Å². The molecule has 5 nitrogen and oxygen atoms in total. The second-order valence-corrected chi connectivity index (χ2v) is 5.36. The summed E-state index contributed by atoms with van der Waals surface area (Å²) < 4.78 is 21.0. The quantitative estimate of drug-likeness (QED) is 0.494. The zero-order chi connectivity index (χ0) is 9.95. The number of nitrogens with two attached hydrogens (primary N) is 1. The predicted molar refractivity (Wildman–Crippen MR) is 49.6 cm³/mol. The first-order chi connectivity index (χ1) is 5.91. The van der Waals surface area contributed by atoms with Gasteiger partial charge in [0.25, 0.3) is 0 Å². The fourth-order valence-corrected chi connectivity index (χ4v) is 1.73. The minimum atomic E-state index is -3.37. The highest BCUT2D eigenvalue weighted by Gasteiger charge is 2.33. The molecule has 0 bridgehead atoms. The average Bonchev–Trinajstić information content (AvgIpc) is 1.93. The van der Waals surface area contributed by atoms with Crippen LogP contribution >= 0.6 is 0 Å². The molecule has 1 saturated carbocycles. The molecule has 0 unspecified atom stereocenters. The SMILES string of the molecule is NS(=O)(=O)CCNCC1(O)CCC1. The van der Waals surface area contributed by atoms with Crippen LogP contribution in [-0.2, 0) is 10.0 Å². The molecule has 0 radical (unpaired) electrons. The zero-order valence-corrected chi connectivity index (χ0v) is 8.31. The molecule has 0 heterocycles. The van der Waals surface area contributed by atoms with Crippen molar-refractivity contribution in [3.63, 3.8) is 0 Å². The maximum atomic E-state index is 10.5. The van der Waals surface area contributed by atoms with Crippen LogP contribution in [-0.4, -0.2) is 38.0 Å². The van der Waals surface area contributed by atoms with E-state index in [9.17, 15) is 13.5 Å². The van der Waals surface area contributed by atoms with E-state index >= 15 is 0 Å². The van der Waals surface area contributed by atoms with Gasteiger partial charge in [-0.15, -0.1) is 0 Å². The Kier molecular flexibility index (Phi) is 3.28. The van der Waals surface area contributed by atoms with E-state index in [2.05, 4.69) is 5.32 Å². The molecule has 0 spiro atoms. The van der Waals surface area contributed by atoms with Gasteiger partial charge in [-0.3, -0.25) is 0 Å². The Bertz CT molecular complexity index is 259. The van der Waals surface area contributed by atoms with Crippen molar-refractivity contribution in [1.82, 2.24) is 5.32 Å². The van der Waals surface area contributed by atoms with Crippen LogP contribution in [0.25, 0.3) is 0 Å². The summed E-state index contributed by atoms with van der Waals surface area (Å²) >= 11 is 0. The molecule has 0 aliphatic heterocycles. The highest BCUT2D eigenvalue weighted by Crippen LogP contribution is 2.30. The lowest BCUT2D eigenvalue weighted by Gasteiger charge is -2.36. The average molecular weight is 208 g/mol. The van der Waals surface area contributed by atoms with Gasteiger partial charge in [0.15, 0.2) is 0 Å². The summed E-state index contributed by atoms with van der Waals surface area (Å²) in [4.78, 5) is 0. The third-order valence-electron chi connectivity index (χ3n) is 2.30. The third-order valence-corrected chi connectivity index (χ3v) is 3.07.